The minimum Gasteiger partial charge on any atom is -0.324 e. The number of urea groups is 1. The van der Waals surface area contributed by atoms with E-state index in [0.717, 1.165) is 43.6 Å². The van der Waals surface area contributed by atoms with Crippen molar-refractivity contribution in [2.45, 2.75) is 63.6 Å². The van der Waals surface area contributed by atoms with Crippen LogP contribution in [0.2, 0.25) is 0 Å². The van der Waals surface area contributed by atoms with E-state index >= 15 is 0 Å². The average Bonchev–Trinajstić information content (AvgIpc) is 3.04. The van der Waals surface area contributed by atoms with Crippen molar-refractivity contribution in [3.05, 3.63) is 59.9 Å². The van der Waals surface area contributed by atoms with Crippen molar-refractivity contribution < 1.29 is 4.79 Å². The van der Waals surface area contributed by atoms with E-state index < -0.39 is 0 Å². The van der Waals surface area contributed by atoms with Gasteiger partial charge < -0.3 is 4.90 Å². The molecule has 2 amide bonds. The topological polar surface area (TPSA) is 39.7 Å². The molecule has 0 bridgehead atoms. The molecule has 30 heavy (non-hydrogen) atoms. The zero-order chi connectivity index (χ0) is 21.3. The lowest BCUT2D eigenvalue weighted by atomic mass is 9.89. The Morgan fingerprint density at radius 1 is 1.03 bits per heavy atom. The second-order valence-corrected chi connectivity index (χ2v) is 9.60. The number of fused-ring (bicyclic) bond motifs is 1. The summed E-state index contributed by atoms with van der Waals surface area (Å²) in [6.07, 6.45) is 6.21. The molecule has 2 heterocycles. The van der Waals surface area contributed by atoms with E-state index in [2.05, 4.69) is 61.1 Å². The molecular formula is C25H34N4O. The van der Waals surface area contributed by atoms with Gasteiger partial charge >= 0.3 is 6.03 Å². The Morgan fingerprint density at radius 2 is 1.70 bits per heavy atom. The van der Waals surface area contributed by atoms with Gasteiger partial charge in [0.25, 0.3) is 0 Å². The fraction of sp³-hybridized carbons (Fsp3) is 0.520. The number of carbonyl (C=O) groups excluding carboxylic acids is 1. The largest absolute Gasteiger partial charge is 0.324 e. The number of rotatable bonds is 4. The first kappa shape index (κ1) is 20.9. The SMILES string of the molecule is CN(Cc1ccccc1)C1CCC(N(C)C(=O)N2CC(C)(C)c3ncccc32)CC1. The lowest BCUT2D eigenvalue weighted by Gasteiger charge is -2.39. The van der Waals surface area contributed by atoms with Crippen LogP contribution in [0.25, 0.3) is 0 Å². The first-order valence-electron chi connectivity index (χ1n) is 11.1. The summed E-state index contributed by atoms with van der Waals surface area (Å²) in [7, 11) is 4.20. The molecule has 1 aliphatic carbocycles. The Morgan fingerprint density at radius 3 is 2.40 bits per heavy atom. The first-order valence-corrected chi connectivity index (χ1v) is 11.1. The third-order valence-electron chi connectivity index (χ3n) is 6.92. The zero-order valence-corrected chi connectivity index (χ0v) is 18.7. The summed E-state index contributed by atoms with van der Waals surface area (Å²) in [4.78, 5) is 24.3. The molecule has 1 aliphatic heterocycles. The molecule has 0 saturated heterocycles. The van der Waals surface area contributed by atoms with Crippen molar-refractivity contribution >= 4 is 11.7 Å². The molecule has 5 heteroatoms. The molecule has 1 aromatic carbocycles. The van der Waals surface area contributed by atoms with Gasteiger partial charge in [-0.1, -0.05) is 44.2 Å². The molecule has 1 fully saturated rings. The van der Waals surface area contributed by atoms with Crippen LogP contribution in [0, 0.1) is 0 Å². The molecular weight excluding hydrogens is 372 g/mol. The number of anilines is 1. The van der Waals surface area contributed by atoms with E-state index in [1.165, 1.54) is 5.56 Å². The van der Waals surface area contributed by atoms with E-state index in [1.807, 2.05) is 35.2 Å². The number of amides is 2. The molecule has 0 radical (unpaired) electrons. The van der Waals surface area contributed by atoms with Crippen LogP contribution in [0.1, 0.15) is 50.8 Å². The molecule has 2 aliphatic rings. The molecule has 160 valence electrons. The highest BCUT2D eigenvalue weighted by Gasteiger charge is 2.41. The van der Waals surface area contributed by atoms with Crippen LogP contribution in [0.15, 0.2) is 48.7 Å². The van der Waals surface area contributed by atoms with E-state index in [9.17, 15) is 4.79 Å². The third kappa shape index (κ3) is 4.08. The van der Waals surface area contributed by atoms with E-state index in [4.69, 9.17) is 0 Å². The van der Waals surface area contributed by atoms with Gasteiger partial charge in [-0.15, -0.1) is 0 Å². The van der Waals surface area contributed by atoms with Gasteiger partial charge in [-0.25, -0.2) is 4.79 Å². The van der Waals surface area contributed by atoms with Crippen LogP contribution < -0.4 is 4.90 Å². The number of hydrogen-bond donors (Lipinski definition) is 0. The maximum absolute atomic E-state index is 13.4. The van der Waals surface area contributed by atoms with Crippen LogP contribution in [0.4, 0.5) is 10.5 Å². The van der Waals surface area contributed by atoms with Gasteiger partial charge in [-0.2, -0.15) is 0 Å². The Hall–Kier alpha value is -2.40. The molecule has 4 rings (SSSR count). The van der Waals surface area contributed by atoms with Gasteiger partial charge in [0.2, 0.25) is 0 Å². The van der Waals surface area contributed by atoms with Gasteiger partial charge in [0.1, 0.15) is 0 Å². The van der Waals surface area contributed by atoms with Gasteiger partial charge in [0.05, 0.1) is 11.4 Å². The van der Waals surface area contributed by atoms with Gasteiger partial charge in [0.15, 0.2) is 0 Å². The number of carbonyl (C=O) groups is 1. The van der Waals surface area contributed by atoms with Crippen molar-refractivity contribution in [1.29, 1.82) is 0 Å². The molecule has 0 N–H and O–H groups in total. The normalized spacial score (nSPS) is 22.8. The smallest absolute Gasteiger partial charge is 0.324 e. The number of hydrogen-bond acceptors (Lipinski definition) is 3. The second kappa shape index (κ2) is 8.38. The Kier molecular flexibility index (Phi) is 5.83. The Bertz CT molecular complexity index is 874. The summed E-state index contributed by atoms with van der Waals surface area (Å²) in [5, 5.41) is 0. The Labute approximate surface area is 180 Å². The van der Waals surface area contributed by atoms with Crippen molar-refractivity contribution in [3.8, 4) is 0 Å². The van der Waals surface area contributed by atoms with E-state index in [1.54, 1.807) is 0 Å². The highest BCUT2D eigenvalue weighted by molar-refractivity contribution is 5.94. The number of pyridine rings is 1. The van der Waals surface area contributed by atoms with E-state index in [0.29, 0.717) is 18.6 Å². The maximum atomic E-state index is 13.4. The summed E-state index contributed by atoms with van der Waals surface area (Å²) in [5.74, 6) is 0. The molecule has 5 nitrogen and oxygen atoms in total. The van der Waals surface area contributed by atoms with Crippen LogP contribution in [-0.2, 0) is 12.0 Å². The number of benzene rings is 1. The molecule has 1 aromatic heterocycles. The standard InChI is InChI=1S/C25H34N4O/c1-25(2)18-29(22-11-8-16-26-23(22)25)24(30)28(4)21-14-12-20(13-15-21)27(3)17-19-9-6-5-7-10-19/h5-11,16,20-21H,12-15,17-18H2,1-4H3. The zero-order valence-electron chi connectivity index (χ0n) is 18.7. The summed E-state index contributed by atoms with van der Waals surface area (Å²) in [6.45, 7) is 6.01. The van der Waals surface area contributed by atoms with Crippen molar-refractivity contribution in [3.63, 3.8) is 0 Å². The Balaban J connectivity index is 1.35. The fourth-order valence-electron chi connectivity index (χ4n) is 5.10. The first-order chi connectivity index (χ1) is 14.4. The molecule has 0 spiro atoms. The number of nitrogens with zero attached hydrogens (tertiary/aromatic N) is 4. The monoisotopic (exact) mass is 406 g/mol. The van der Waals surface area contributed by atoms with Crippen LogP contribution in [0.5, 0.6) is 0 Å². The average molecular weight is 407 g/mol. The highest BCUT2D eigenvalue weighted by atomic mass is 16.2. The summed E-state index contributed by atoms with van der Waals surface area (Å²) in [6, 6.07) is 15.6. The van der Waals surface area contributed by atoms with Crippen LogP contribution in [0.3, 0.4) is 0 Å². The van der Waals surface area contributed by atoms with E-state index in [-0.39, 0.29) is 11.4 Å². The fourth-order valence-corrected chi connectivity index (χ4v) is 5.10. The molecule has 1 saturated carbocycles. The predicted octanol–water partition coefficient (Wildman–Crippen LogP) is 4.67. The minimum atomic E-state index is -0.106. The number of aromatic nitrogens is 1. The summed E-state index contributed by atoms with van der Waals surface area (Å²) >= 11 is 0. The van der Waals surface area contributed by atoms with Crippen LogP contribution in [-0.4, -0.2) is 53.5 Å². The predicted molar refractivity (Wildman–Crippen MR) is 122 cm³/mol. The third-order valence-corrected chi connectivity index (χ3v) is 6.92. The molecule has 0 unspecified atom stereocenters. The van der Waals surface area contributed by atoms with Crippen LogP contribution >= 0.6 is 0 Å². The van der Waals surface area contributed by atoms with Gasteiger partial charge in [-0.05, 0) is 50.4 Å². The molecule has 2 aromatic rings. The highest BCUT2D eigenvalue weighted by Crippen LogP contribution is 2.39. The lowest BCUT2D eigenvalue weighted by molar-refractivity contribution is 0.130. The van der Waals surface area contributed by atoms with Gasteiger partial charge in [0, 0.05) is 43.8 Å². The lowest BCUT2D eigenvalue weighted by Crippen LogP contribution is -2.49. The summed E-state index contributed by atoms with van der Waals surface area (Å²) in [5.41, 5.74) is 3.25. The molecule has 0 atom stereocenters. The summed E-state index contributed by atoms with van der Waals surface area (Å²) < 4.78 is 0. The van der Waals surface area contributed by atoms with Crippen molar-refractivity contribution in [2.24, 2.45) is 0 Å². The minimum absolute atomic E-state index is 0.106. The van der Waals surface area contributed by atoms with Gasteiger partial charge in [-0.3, -0.25) is 14.8 Å². The quantitative estimate of drug-likeness (QED) is 0.740. The second-order valence-electron chi connectivity index (χ2n) is 9.60. The van der Waals surface area contributed by atoms with Crippen molar-refractivity contribution in [2.75, 3.05) is 25.5 Å². The van der Waals surface area contributed by atoms with Crippen molar-refractivity contribution in [1.82, 2.24) is 14.8 Å². The maximum Gasteiger partial charge on any atom is 0.324 e.